The molecule has 0 aliphatic carbocycles. The second-order valence-corrected chi connectivity index (χ2v) is 6.08. The number of nitrogens with zero attached hydrogens (tertiary/aromatic N) is 4. The summed E-state index contributed by atoms with van der Waals surface area (Å²) >= 11 is 1.57. The van der Waals surface area contributed by atoms with Crippen LogP contribution in [0.3, 0.4) is 0 Å². The molecular weight excluding hydrogens is 284 g/mol. The van der Waals surface area contributed by atoms with Gasteiger partial charge in [0.2, 0.25) is 5.65 Å². The van der Waals surface area contributed by atoms with Crippen LogP contribution in [-0.2, 0) is 0 Å². The third-order valence-electron chi connectivity index (χ3n) is 3.48. The van der Waals surface area contributed by atoms with Gasteiger partial charge < -0.3 is 0 Å². The summed E-state index contributed by atoms with van der Waals surface area (Å²) in [6, 6.07) is 5.97. The number of rotatable bonds is 3. The highest BCUT2D eigenvalue weighted by Gasteiger charge is 2.11. The van der Waals surface area contributed by atoms with Crippen LogP contribution in [0.2, 0.25) is 0 Å². The summed E-state index contributed by atoms with van der Waals surface area (Å²) in [5.41, 5.74) is 3.40. The van der Waals surface area contributed by atoms with Crippen LogP contribution in [0, 0.1) is 13.8 Å². The monoisotopic (exact) mass is 300 g/mol. The van der Waals surface area contributed by atoms with Gasteiger partial charge in [-0.05, 0) is 42.9 Å². The highest BCUT2D eigenvalue weighted by atomic mass is 32.2. The standard InChI is InChI=1S/C15H16N4OS/c1-4-21-15-17-16-13-14(20)18(7-8-19(13)15)12-6-5-10(2)11(3)9-12/h5-9H,4H2,1-3H3. The molecule has 0 bridgehead atoms. The minimum atomic E-state index is -0.156. The first kappa shape index (κ1) is 13.9. The molecule has 6 heteroatoms. The fourth-order valence-corrected chi connectivity index (χ4v) is 2.82. The van der Waals surface area contributed by atoms with Crippen molar-refractivity contribution in [1.82, 2.24) is 19.2 Å². The zero-order valence-electron chi connectivity index (χ0n) is 12.2. The lowest BCUT2D eigenvalue weighted by molar-refractivity contribution is 0.893. The molecule has 0 atom stereocenters. The van der Waals surface area contributed by atoms with Crippen molar-refractivity contribution in [3.63, 3.8) is 0 Å². The Labute approximate surface area is 126 Å². The molecule has 0 fully saturated rings. The van der Waals surface area contributed by atoms with Crippen molar-refractivity contribution in [1.29, 1.82) is 0 Å². The number of hydrogen-bond donors (Lipinski definition) is 0. The van der Waals surface area contributed by atoms with E-state index < -0.39 is 0 Å². The predicted molar refractivity (Wildman–Crippen MR) is 84.5 cm³/mol. The van der Waals surface area contributed by atoms with Gasteiger partial charge in [0.15, 0.2) is 5.16 Å². The zero-order valence-corrected chi connectivity index (χ0v) is 13.0. The fourth-order valence-electron chi connectivity index (χ4n) is 2.17. The Morgan fingerprint density at radius 3 is 2.67 bits per heavy atom. The SMILES string of the molecule is CCSc1nnc2c(=O)n(-c3ccc(C)c(C)c3)ccn12. The lowest BCUT2D eigenvalue weighted by Gasteiger charge is -2.08. The van der Waals surface area contributed by atoms with Crippen LogP contribution in [-0.4, -0.2) is 24.9 Å². The van der Waals surface area contributed by atoms with E-state index in [1.165, 1.54) is 5.56 Å². The number of thioether (sulfide) groups is 1. The molecule has 0 amide bonds. The van der Waals surface area contributed by atoms with Crippen LogP contribution < -0.4 is 5.56 Å². The molecule has 2 aromatic heterocycles. The molecule has 0 saturated heterocycles. The molecule has 3 rings (SSSR count). The number of aryl methyl sites for hydroxylation is 2. The van der Waals surface area contributed by atoms with E-state index in [-0.39, 0.29) is 5.56 Å². The quantitative estimate of drug-likeness (QED) is 0.698. The van der Waals surface area contributed by atoms with E-state index in [2.05, 4.69) is 17.1 Å². The molecule has 0 radical (unpaired) electrons. The number of hydrogen-bond acceptors (Lipinski definition) is 4. The molecule has 3 aromatic rings. The van der Waals surface area contributed by atoms with E-state index in [9.17, 15) is 4.79 Å². The topological polar surface area (TPSA) is 52.2 Å². The summed E-state index contributed by atoms with van der Waals surface area (Å²) in [6.45, 7) is 6.13. The van der Waals surface area contributed by atoms with E-state index in [0.717, 1.165) is 22.2 Å². The van der Waals surface area contributed by atoms with E-state index >= 15 is 0 Å². The third kappa shape index (κ3) is 2.35. The molecule has 5 nitrogen and oxygen atoms in total. The summed E-state index contributed by atoms with van der Waals surface area (Å²) in [6.07, 6.45) is 3.60. The molecular formula is C15H16N4OS. The highest BCUT2D eigenvalue weighted by Crippen LogP contribution is 2.16. The maximum absolute atomic E-state index is 12.6. The molecule has 0 saturated carbocycles. The van der Waals surface area contributed by atoms with Crippen molar-refractivity contribution in [2.24, 2.45) is 0 Å². The molecule has 21 heavy (non-hydrogen) atoms. The first-order valence-corrected chi connectivity index (χ1v) is 7.77. The minimum absolute atomic E-state index is 0.156. The van der Waals surface area contributed by atoms with Gasteiger partial charge in [0.25, 0.3) is 0 Å². The maximum atomic E-state index is 12.6. The van der Waals surface area contributed by atoms with Crippen molar-refractivity contribution in [3.8, 4) is 5.69 Å². The van der Waals surface area contributed by atoms with Crippen LogP contribution in [0.5, 0.6) is 0 Å². The van der Waals surface area contributed by atoms with Gasteiger partial charge in [-0.2, -0.15) is 0 Å². The zero-order chi connectivity index (χ0) is 15.0. The summed E-state index contributed by atoms with van der Waals surface area (Å²) in [5, 5.41) is 8.84. The smallest absolute Gasteiger partial charge is 0.280 e. The second kappa shape index (κ2) is 5.37. The van der Waals surface area contributed by atoms with Crippen molar-refractivity contribution in [3.05, 3.63) is 52.1 Å². The molecule has 108 valence electrons. The average Bonchev–Trinajstić information content (AvgIpc) is 2.87. The van der Waals surface area contributed by atoms with Gasteiger partial charge in [-0.3, -0.25) is 13.8 Å². The van der Waals surface area contributed by atoms with Gasteiger partial charge in [-0.1, -0.05) is 24.8 Å². The third-order valence-corrected chi connectivity index (χ3v) is 4.31. The molecule has 0 aliphatic heterocycles. The first-order chi connectivity index (χ1) is 10.1. The number of fused-ring (bicyclic) bond motifs is 1. The van der Waals surface area contributed by atoms with Gasteiger partial charge in [-0.15, -0.1) is 10.2 Å². The Kier molecular flexibility index (Phi) is 3.55. The van der Waals surface area contributed by atoms with Crippen molar-refractivity contribution < 1.29 is 0 Å². The highest BCUT2D eigenvalue weighted by molar-refractivity contribution is 7.99. The molecule has 0 unspecified atom stereocenters. The van der Waals surface area contributed by atoms with Crippen molar-refractivity contribution >= 4 is 17.4 Å². The van der Waals surface area contributed by atoms with Crippen molar-refractivity contribution in [2.45, 2.75) is 25.9 Å². The summed E-state index contributed by atoms with van der Waals surface area (Å²) in [4.78, 5) is 12.6. The lowest BCUT2D eigenvalue weighted by Crippen LogP contribution is -2.20. The van der Waals surface area contributed by atoms with Gasteiger partial charge >= 0.3 is 5.56 Å². The van der Waals surface area contributed by atoms with E-state index in [0.29, 0.717) is 5.65 Å². The average molecular weight is 300 g/mol. The van der Waals surface area contributed by atoms with E-state index in [1.807, 2.05) is 38.2 Å². The van der Waals surface area contributed by atoms with Crippen molar-refractivity contribution in [2.75, 3.05) is 5.75 Å². The van der Waals surface area contributed by atoms with Gasteiger partial charge in [-0.25, -0.2) is 0 Å². The Bertz CT molecular complexity index is 866. The first-order valence-electron chi connectivity index (χ1n) is 6.78. The Hall–Kier alpha value is -2.08. The number of aromatic nitrogens is 4. The van der Waals surface area contributed by atoms with Crippen LogP contribution in [0.1, 0.15) is 18.1 Å². The Balaban J connectivity index is 2.18. The maximum Gasteiger partial charge on any atom is 0.300 e. The van der Waals surface area contributed by atoms with Crippen LogP contribution in [0.15, 0.2) is 40.5 Å². The number of benzene rings is 1. The molecule has 0 aliphatic rings. The Morgan fingerprint density at radius 2 is 1.95 bits per heavy atom. The Morgan fingerprint density at radius 1 is 1.14 bits per heavy atom. The largest absolute Gasteiger partial charge is 0.300 e. The molecule has 1 aromatic carbocycles. The second-order valence-electron chi connectivity index (χ2n) is 4.85. The summed E-state index contributed by atoms with van der Waals surface area (Å²) in [7, 11) is 0. The minimum Gasteiger partial charge on any atom is -0.280 e. The van der Waals surface area contributed by atoms with E-state index in [4.69, 9.17) is 0 Å². The summed E-state index contributed by atoms with van der Waals surface area (Å²) in [5.74, 6) is 0.890. The lowest BCUT2D eigenvalue weighted by atomic mass is 10.1. The van der Waals surface area contributed by atoms with Gasteiger partial charge in [0.05, 0.1) is 0 Å². The molecule has 2 heterocycles. The van der Waals surface area contributed by atoms with E-state index in [1.54, 1.807) is 26.9 Å². The molecule has 0 spiro atoms. The normalized spacial score (nSPS) is 11.2. The molecule has 0 N–H and O–H groups in total. The van der Waals surface area contributed by atoms with Crippen LogP contribution >= 0.6 is 11.8 Å². The fraction of sp³-hybridized carbons (Fsp3) is 0.267. The summed E-state index contributed by atoms with van der Waals surface area (Å²) < 4.78 is 3.35. The predicted octanol–water partition coefficient (Wildman–Crippen LogP) is 2.61. The van der Waals surface area contributed by atoms with Crippen LogP contribution in [0.25, 0.3) is 11.3 Å². The van der Waals surface area contributed by atoms with Crippen LogP contribution in [0.4, 0.5) is 0 Å². The van der Waals surface area contributed by atoms with Gasteiger partial charge in [0, 0.05) is 18.1 Å². The van der Waals surface area contributed by atoms with Gasteiger partial charge in [0.1, 0.15) is 0 Å².